The van der Waals surface area contributed by atoms with Crippen molar-refractivity contribution in [3.63, 3.8) is 0 Å². The van der Waals surface area contributed by atoms with Crippen molar-refractivity contribution in [3.05, 3.63) is 23.8 Å². The molecule has 2 aliphatic carbocycles. The van der Waals surface area contributed by atoms with E-state index in [1.807, 2.05) is 32.0 Å². The summed E-state index contributed by atoms with van der Waals surface area (Å²) in [5.41, 5.74) is 0.700. The second-order valence-corrected chi connectivity index (χ2v) is 9.45. The molecule has 0 saturated heterocycles. The number of hydrogen-bond acceptors (Lipinski definition) is 5. The summed E-state index contributed by atoms with van der Waals surface area (Å²) in [5.74, 6) is 0.855. The van der Waals surface area contributed by atoms with Crippen LogP contribution in [0.4, 0.5) is 0 Å². The van der Waals surface area contributed by atoms with Gasteiger partial charge in [-0.05, 0) is 75.1 Å². The van der Waals surface area contributed by atoms with Gasteiger partial charge in [0, 0.05) is 9.79 Å². The Balaban J connectivity index is 1.61. The lowest BCUT2D eigenvalue weighted by Gasteiger charge is -2.35. The third kappa shape index (κ3) is 4.26. The van der Waals surface area contributed by atoms with E-state index in [4.69, 9.17) is 9.47 Å². The Labute approximate surface area is 168 Å². The summed E-state index contributed by atoms with van der Waals surface area (Å²) in [6.07, 6.45) is 4.13. The lowest BCUT2D eigenvalue weighted by atomic mass is 9.92. The molecule has 2 saturated carbocycles. The van der Waals surface area contributed by atoms with Crippen LogP contribution >= 0.6 is 25.3 Å². The first kappa shape index (κ1) is 20.1. The van der Waals surface area contributed by atoms with Crippen molar-refractivity contribution in [1.82, 2.24) is 0 Å². The molecule has 2 fully saturated rings. The van der Waals surface area contributed by atoms with Crippen LogP contribution in [0.3, 0.4) is 0 Å². The van der Waals surface area contributed by atoms with Gasteiger partial charge in [0.05, 0.1) is 17.6 Å². The maximum absolute atomic E-state index is 12.1. The van der Waals surface area contributed by atoms with Crippen molar-refractivity contribution in [2.45, 2.75) is 81.0 Å². The second kappa shape index (κ2) is 7.76. The fourth-order valence-electron chi connectivity index (χ4n) is 4.28. The number of carbonyl (C=O) groups is 1. The summed E-state index contributed by atoms with van der Waals surface area (Å²) in [4.78, 5) is 13.9. The Morgan fingerprint density at radius 1 is 1.12 bits per heavy atom. The lowest BCUT2D eigenvalue weighted by molar-refractivity contribution is -0.160. The second-order valence-electron chi connectivity index (χ2n) is 8.42. The van der Waals surface area contributed by atoms with Gasteiger partial charge in [-0.2, -0.15) is 0 Å². The zero-order chi connectivity index (χ0) is 19.1. The molecular formula is C21H30O3S2. The summed E-state index contributed by atoms with van der Waals surface area (Å²) >= 11 is 8.93. The van der Waals surface area contributed by atoms with Crippen molar-refractivity contribution in [2.24, 2.45) is 17.8 Å². The van der Waals surface area contributed by atoms with Gasteiger partial charge in [-0.1, -0.05) is 13.8 Å². The molecule has 3 rings (SSSR count). The van der Waals surface area contributed by atoms with Crippen LogP contribution in [-0.2, 0) is 19.9 Å². The molecule has 144 valence electrons. The maximum Gasteiger partial charge on any atom is 0.308 e. The van der Waals surface area contributed by atoms with Crippen LogP contribution in [0.25, 0.3) is 0 Å². The van der Waals surface area contributed by atoms with Gasteiger partial charge in [0.25, 0.3) is 0 Å². The molecule has 0 radical (unpaired) electrons. The Kier molecular flexibility index (Phi) is 6.00. The summed E-state index contributed by atoms with van der Waals surface area (Å²) in [6.45, 7) is 8.17. The molecule has 0 amide bonds. The average Bonchev–Trinajstić information content (AvgIpc) is 3.12. The van der Waals surface area contributed by atoms with Gasteiger partial charge in [0.2, 0.25) is 0 Å². The maximum atomic E-state index is 12.1. The van der Waals surface area contributed by atoms with Crippen LogP contribution in [0.15, 0.2) is 28.0 Å². The van der Waals surface area contributed by atoms with E-state index in [2.05, 4.69) is 39.1 Å². The van der Waals surface area contributed by atoms with Crippen LogP contribution < -0.4 is 0 Å². The summed E-state index contributed by atoms with van der Waals surface area (Å²) in [5, 5.41) is 0. The van der Waals surface area contributed by atoms with E-state index in [1.165, 1.54) is 0 Å². The zero-order valence-corrected chi connectivity index (χ0v) is 17.9. The quantitative estimate of drug-likeness (QED) is 0.509. The van der Waals surface area contributed by atoms with Crippen LogP contribution in [-0.4, -0.2) is 18.2 Å². The number of benzene rings is 1. The number of carbonyl (C=O) groups excluding carboxylic acids is 1. The van der Waals surface area contributed by atoms with Crippen LogP contribution in [0.1, 0.15) is 58.9 Å². The van der Waals surface area contributed by atoms with E-state index in [-0.39, 0.29) is 24.1 Å². The molecule has 5 heteroatoms. The van der Waals surface area contributed by atoms with Gasteiger partial charge in [0.15, 0.2) is 0 Å². The highest BCUT2D eigenvalue weighted by Gasteiger charge is 2.49. The van der Waals surface area contributed by atoms with E-state index in [1.54, 1.807) is 0 Å². The minimum absolute atomic E-state index is 0.0101. The van der Waals surface area contributed by atoms with Gasteiger partial charge in [-0.3, -0.25) is 4.79 Å². The first-order valence-corrected chi connectivity index (χ1v) is 10.5. The number of ether oxygens (including phenoxy) is 2. The first-order valence-electron chi connectivity index (χ1n) is 9.61. The molecule has 5 unspecified atom stereocenters. The Hall–Kier alpha value is -0.650. The molecule has 1 aromatic carbocycles. The molecular weight excluding hydrogens is 364 g/mol. The van der Waals surface area contributed by atoms with E-state index in [9.17, 15) is 4.79 Å². The fourth-order valence-corrected chi connectivity index (χ4v) is 4.94. The molecule has 0 spiro atoms. The van der Waals surface area contributed by atoms with Crippen LogP contribution in [0.2, 0.25) is 0 Å². The highest BCUT2D eigenvalue weighted by atomic mass is 32.1. The Bertz CT molecular complexity index is 653. The highest BCUT2D eigenvalue weighted by molar-refractivity contribution is 7.81. The molecule has 2 aliphatic rings. The van der Waals surface area contributed by atoms with Crippen LogP contribution in [0.5, 0.6) is 0 Å². The van der Waals surface area contributed by atoms with E-state index in [0.29, 0.717) is 11.8 Å². The number of esters is 1. The smallest absolute Gasteiger partial charge is 0.308 e. The Morgan fingerprint density at radius 2 is 1.69 bits per heavy atom. The molecule has 26 heavy (non-hydrogen) atoms. The molecule has 0 aliphatic heterocycles. The predicted octanol–water partition coefficient (Wildman–Crippen LogP) is 5.27. The number of thiol groups is 2. The molecule has 1 aromatic rings. The van der Waals surface area contributed by atoms with Gasteiger partial charge in [0.1, 0.15) is 6.10 Å². The lowest BCUT2D eigenvalue weighted by Crippen LogP contribution is -2.36. The summed E-state index contributed by atoms with van der Waals surface area (Å²) in [7, 11) is 0. The molecule has 2 bridgehead atoms. The van der Waals surface area contributed by atoms with E-state index >= 15 is 0 Å². The van der Waals surface area contributed by atoms with E-state index in [0.717, 1.165) is 41.0 Å². The largest absolute Gasteiger partial charge is 0.462 e. The topological polar surface area (TPSA) is 35.5 Å². The molecule has 0 heterocycles. The third-order valence-corrected chi connectivity index (χ3v) is 6.57. The zero-order valence-electron chi connectivity index (χ0n) is 16.1. The van der Waals surface area contributed by atoms with Gasteiger partial charge in [-0.15, -0.1) is 25.3 Å². The van der Waals surface area contributed by atoms with E-state index < -0.39 is 5.60 Å². The standard InChI is InChI=1S/C21H30O3S2/c1-5-12(2)20(22)23-18-7-14-6-13(18)8-19(14)24-21(3,4)15-9-16(25)11-17(26)10-15/h9-14,18-19,25-26H,5-8H2,1-4H3. The van der Waals surface area contributed by atoms with Crippen molar-refractivity contribution < 1.29 is 14.3 Å². The third-order valence-electron chi connectivity index (χ3n) is 6.05. The summed E-state index contributed by atoms with van der Waals surface area (Å²) in [6, 6.07) is 6.03. The summed E-state index contributed by atoms with van der Waals surface area (Å²) < 4.78 is 12.3. The normalized spacial score (nSPS) is 29.0. The van der Waals surface area contributed by atoms with Crippen molar-refractivity contribution in [3.8, 4) is 0 Å². The number of rotatable bonds is 6. The van der Waals surface area contributed by atoms with Gasteiger partial charge < -0.3 is 9.47 Å². The number of fused-ring (bicyclic) bond motifs is 2. The van der Waals surface area contributed by atoms with Gasteiger partial charge in [-0.25, -0.2) is 0 Å². The first-order chi connectivity index (χ1) is 12.2. The molecule has 5 atom stereocenters. The van der Waals surface area contributed by atoms with Gasteiger partial charge >= 0.3 is 5.97 Å². The minimum atomic E-state index is -0.395. The SMILES string of the molecule is CCC(C)C(=O)OC1CC2CC1CC2OC(C)(C)c1cc(S)cc(S)c1. The van der Waals surface area contributed by atoms with Crippen molar-refractivity contribution >= 4 is 31.2 Å². The van der Waals surface area contributed by atoms with Crippen molar-refractivity contribution in [1.29, 1.82) is 0 Å². The molecule has 3 nitrogen and oxygen atoms in total. The van der Waals surface area contributed by atoms with Crippen LogP contribution in [0, 0.1) is 17.8 Å². The minimum Gasteiger partial charge on any atom is -0.462 e. The number of hydrogen-bond donors (Lipinski definition) is 2. The predicted molar refractivity (Wildman–Crippen MR) is 109 cm³/mol. The monoisotopic (exact) mass is 394 g/mol. The Morgan fingerprint density at radius 3 is 2.23 bits per heavy atom. The molecule has 0 N–H and O–H groups in total. The molecule has 0 aromatic heterocycles. The highest BCUT2D eigenvalue weighted by Crippen LogP contribution is 2.49. The average molecular weight is 395 g/mol. The van der Waals surface area contributed by atoms with Crippen molar-refractivity contribution in [2.75, 3.05) is 0 Å². The fraction of sp³-hybridized carbons (Fsp3) is 0.667.